The van der Waals surface area contributed by atoms with Crippen LogP contribution in [0, 0.1) is 0 Å². The molecule has 0 bridgehead atoms. The van der Waals surface area contributed by atoms with Crippen LogP contribution >= 0.6 is 34.5 Å². The first kappa shape index (κ1) is 45.1. The van der Waals surface area contributed by atoms with Crippen molar-refractivity contribution in [2.75, 3.05) is 10.6 Å². The van der Waals surface area contributed by atoms with Gasteiger partial charge >= 0.3 is 0 Å². The Morgan fingerprint density at radius 3 is 1.29 bits per heavy atom. The van der Waals surface area contributed by atoms with Gasteiger partial charge in [0.15, 0.2) is 0 Å². The molecular weight excluding hydrogens is 1020 g/mol. The summed E-state index contributed by atoms with van der Waals surface area (Å²) >= 11 is 16.3. The Labute approximate surface area is 471 Å². The van der Waals surface area contributed by atoms with Gasteiger partial charge < -0.3 is 10.6 Å². The van der Waals surface area contributed by atoms with Crippen LogP contribution in [-0.2, 0) is 10.8 Å². The van der Waals surface area contributed by atoms with Crippen LogP contribution in [0.15, 0.2) is 255 Å². The molecule has 1 aromatic heterocycles. The third kappa shape index (κ3) is 6.13. The quantitative estimate of drug-likeness (QED) is 0.173. The summed E-state index contributed by atoms with van der Waals surface area (Å²) < 4.78 is 2.41. The van der Waals surface area contributed by atoms with Crippen LogP contribution in [-0.4, -0.2) is 0 Å². The number of benzene rings is 12. The molecule has 1 heterocycles. The molecule has 0 aliphatic heterocycles. The van der Waals surface area contributed by atoms with Gasteiger partial charge in [-0.15, -0.1) is 11.3 Å². The van der Waals surface area contributed by atoms with Crippen molar-refractivity contribution in [2.24, 2.45) is 0 Å². The zero-order chi connectivity index (χ0) is 52.1. The molecule has 0 amide bonds. The molecule has 4 aliphatic rings. The van der Waals surface area contributed by atoms with E-state index in [2.05, 4.69) is 259 Å². The van der Waals surface area contributed by atoms with E-state index in [4.69, 9.17) is 23.2 Å². The fraction of sp³-hybridized carbons (Fsp3) is 0.0270. The van der Waals surface area contributed by atoms with Crippen LogP contribution in [0.1, 0.15) is 44.5 Å². The summed E-state index contributed by atoms with van der Waals surface area (Å²) in [6.07, 6.45) is 0. The highest BCUT2D eigenvalue weighted by atomic mass is 35.5. The first-order chi connectivity index (χ1) is 39.0. The second kappa shape index (κ2) is 16.8. The molecule has 370 valence electrons. The Hall–Kier alpha value is -8.96. The lowest BCUT2D eigenvalue weighted by Crippen LogP contribution is -2.25. The van der Waals surface area contributed by atoms with Crippen molar-refractivity contribution < 1.29 is 0 Å². The van der Waals surface area contributed by atoms with Crippen LogP contribution < -0.4 is 10.6 Å². The van der Waals surface area contributed by atoms with E-state index in [1.54, 1.807) is 0 Å². The van der Waals surface area contributed by atoms with Crippen LogP contribution in [0.3, 0.4) is 0 Å². The second-order valence-corrected chi connectivity index (χ2v) is 23.3. The number of thiophene rings is 1. The molecule has 13 aromatic rings. The van der Waals surface area contributed by atoms with E-state index in [0.29, 0.717) is 10.0 Å². The van der Waals surface area contributed by atoms with Gasteiger partial charge in [0.05, 0.1) is 32.3 Å². The van der Waals surface area contributed by atoms with Crippen molar-refractivity contribution in [3.8, 4) is 66.8 Å². The maximum Gasteiger partial charge on any atom is 0.0726 e. The summed E-state index contributed by atoms with van der Waals surface area (Å²) in [7, 11) is 0. The topological polar surface area (TPSA) is 24.1 Å². The van der Waals surface area contributed by atoms with Crippen LogP contribution in [0.2, 0.25) is 10.0 Å². The average Bonchev–Trinajstić information content (AvgIpc) is 2.69. The third-order valence-corrected chi connectivity index (χ3v) is 19.4. The van der Waals surface area contributed by atoms with E-state index in [1.807, 2.05) is 17.4 Å². The Morgan fingerprint density at radius 2 is 0.696 bits per heavy atom. The number of rotatable bonds is 6. The van der Waals surface area contributed by atoms with Crippen molar-refractivity contribution in [1.29, 1.82) is 0 Å². The molecule has 0 saturated carbocycles. The van der Waals surface area contributed by atoms with E-state index < -0.39 is 10.8 Å². The lowest BCUT2D eigenvalue weighted by molar-refractivity contribution is 0.794. The Kier molecular flexibility index (Phi) is 9.58. The highest BCUT2D eigenvalue weighted by molar-refractivity contribution is 7.25. The lowest BCUT2D eigenvalue weighted by atomic mass is 9.70. The molecule has 1 atom stereocenters. The normalized spacial score (nSPS) is 15.1. The smallest absolute Gasteiger partial charge is 0.0726 e. The van der Waals surface area contributed by atoms with E-state index in [-0.39, 0.29) is 0 Å². The third-order valence-electron chi connectivity index (χ3n) is 17.6. The Bertz CT molecular complexity index is 4740. The predicted molar refractivity (Wildman–Crippen MR) is 332 cm³/mol. The first-order valence-electron chi connectivity index (χ1n) is 26.9. The second-order valence-electron chi connectivity index (χ2n) is 21.4. The fourth-order valence-corrected chi connectivity index (χ4v) is 16.1. The molecule has 79 heavy (non-hydrogen) atoms. The standard InChI is InChI=1S/C74H44Cl2N2S/c75-63-39-45(43-16-2-1-3-17-43)34-37-65(63)77-66-30-14-29-62-71(66)52-22-8-13-27-59(52)74(62)57-25-11-6-20-49(57)53-38-44(33-36-60(53)74)46-32-35-50-54-41-64(76)68(42-70(54)79-69(50)40-46)78-67-31-15-28-61-72(67)51-21-7-12-26-58(51)73(61)55-23-9-4-18-47(55)48-19-5-10-24-56(48)73/h1-42,77-78H. The van der Waals surface area contributed by atoms with Gasteiger partial charge in [-0.25, -0.2) is 0 Å². The molecule has 12 aromatic carbocycles. The van der Waals surface area contributed by atoms with Crippen LogP contribution in [0.4, 0.5) is 22.7 Å². The highest BCUT2D eigenvalue weighted by Gasteiger charge is 2.53. The van der Waals surface area contributed by atoms with Crippen molar-refractivity contribution in [2.45, 2.75) is 10.8 Å². The molecular formula is C74H44Cl2N2S. The van der Waals surface area contributed by atoms with Gasteiger partial charge in [-0.05, 0) is 149 Å². The fourth-order valence-electron chi connectivity index (χ4n) is 14.5. The monoisotopic (exact) mass is 1060 g/mol. The summed E-state index contributed by atoms with van der Waals surface area (Å²) in [6, 6.07) is 93.5. The molecule has 17 rings (SSSR count). The molecule has 0 fully saturated rings. The zero-order valence-electron chi connectivity index (χ0n) is 42.4. The predicted octanol–water partition coefficient (Wildman–Crippen LogP) is 20.9. The minimum absolute atomic E-state index is 0.417. The lowest BCUT2D eigenvalue weighted by Gasteiger charge is -2.30. The van der Waals surface area contributed by atoms with E-state index in [9.17, 15) is 0 Å². The molecule has 1 unspecified atom stereocenters. The molecule has 0 saturated heterocycles. The first-order valence-corrected chi connectivity index (χ1v) is 28.5. The molecule has 5 heteroatoms. The van der Waals surface area contributed by atoms with Crippen molar-refractivity contribution >= 4 is 77.5 Å². The molecule has 4 aliphatic carbocycles. The van der Waals surface area contributed by atoms with Gasteiger partial charge in [-0.1, -0.05) is 229 Å². The zero-order valence-corrected chi connectivity index (χ0v) is 44.7. The van der Waals surface area contributed by atoms with Gasteiger partial charge in [0, 0.05) is 42.7 Å². The highest BCUT2D eigenvalue weighted by Crippen LogP contribution is 2.66. The van der Waals surface area contributed by atoms with Gasteiger partial charge in [0.25, 0.3) is 0 Å². The number of hydrogen-bond donors (Lipinski definition) is 2. The minimum atomic E-state index is -0.506. The number of hydrogen-bond acceptors (Lipinski definition) is 3. The Morgan fingerprint density at radius 1 is 0.266 bits per heavy atom. The molecule has 2 N–H and O–H groups in total. The SMILES string of the molecule is Clc1cc(-c2ccccc2)ccc1Nc1cccc2c1-c1ccccc1C21c2ccccc2-c2cc(-c3ccc4c(c3)sc3cc(Nc5cccc6c5-c5ccccc5C65c6ccccc6-c6ccccc65)c(Cl)cc34)ccc21. The summed E-state index contributed by atoms with van der Waals surface area (Å²) in [4.78, 5) is 0. The van der Waals surface area contributed by atoms with E-state index >= 15 is 0 Å². The molecule has 0 radical (unpaired) electrons. The average molecular weight is 1060 g/mol. The van der Waals surface area contributed by atoms with E-state index in [0.717, 1.165) is 39.3 Å². The molecule has 2 spiro atoms. The summed E-state index contributed by atoms with van der Waals surface area (Å²) in [5.41, 5.74) is 28.0. The van der Waals surface area contributed by atoms with E-state index in [1.165, 1.54) is 115 Å². The minimum Gasteiger partial charge on any atom is -0.354 e. The van der Waals surface area contributed by atoms with Gasteiger partial charge in [0.2, 0.25) is 0 Å². The molecule has 2 nitrogen and oxygen atoms in total. The maximum atomic E-state index is 7.36. The van der Waals surface area contributed by atoms with Crippen molar-refractivity contribution in [1.82, 2.24) is 0 Å². The number of halogens is 2. The summed E-state index contributed by atoms with van der Waals surface area (Å²) in [5, 5.41) is 11.4. The Balaban J connectivity index is 0.740. The van der Waals surface area contributed by atoms with Crippen LogP contribution in [0.5, 0.6) is 0 Å². The number of fused-ring (bicyclic) bond motifs is 23. The van der Waals surface area contributed by atoms with Crippen molar-refractivity contribution in [3.05, 3.63) is 309 Å². The van der Waals surface area contributed by atoms with Gasteiger partial charge in [0.1, 0.15) is 0 Å². The number of anilines is 4. The van der Waals surface area contributed by atoms with Gasteiger partial charge in [-0.2, -0.15) is 0 Å². The van der Waals surface area contributed by atoms with Crippen molar-refractivity contribution in [3.63, 3.8) is 0 Å². The van der Waals surface area contributed by atoms with Gasteiger partial charge in [-0.3, -0.25) is 0 Å². The summed E-state index contributed by atoms with van der Waals surface area (Å²) in [6.45, 7) is 0. The summed E-state index contributed by atoms with van der Waals surface area (Å²) in [5.74, 6) is 0. The maximum absolute atomic E-state index is 7.36. The van der Waals surface area contributed by atoms with Crippen LogP contribution in [0.25, 0.3) is 86.9 Å². The largest absolute Gasteiger partial charge is 0.354 e. The number of nitrogens with one attached hydrogen (secondary N) is 2.